The van der Waals surface area contributed by atoms with Gasteiger partial charge in [-0.15, -0.1) is 0 Å². The Bertz CT molecular complexity index is 755. The van der Waals surface area contributed by atoms with Crippen LogP contribution in [-0.2, 0) is 0 Å². The first-order chi connectivity index (χ1) is 7.66. The minimum Gasteiger partial charge on any atom is -0.364 e. The van der Waals surface area contributed by atoms with Gasteiger partial charge in [0.15, 0.2) is 5.43 Å². The molecule has 2 aromatic heterocycles. The van der Waals surface area contributed by atoms with Gasteiger partial charge < -0.3 is 9.97 Å². The number of halogens is 1. The largest absolute Gasteiger partial charge is 0.364 e. The van der Waals surface area contributed by atoms with Crippen LogP contribution < -0.4 is 5.43 Å². The Labute approximate surface area is 105 Å². The van der Waals surface area contributed by atoms with E-state index in [0.29, 0.717) is 0 Å². The summed E-state index contributed by atoms with van der Waals surface area (Å²) in [7, 11) is 0. The quantitative estimate of drug-likeness (QED) is 0.613. The molecule has 0 aliphatic carbocycles. The molecule has 0 saturated carbocycles. The van der Waals surface area contributed by atoms with Crippen molar-refractivity contribution in [2.24, 2.45) is 0 Å². The molecule has 80 valence electrons. The van der Waals surface area contributed by atoms with E-state index in [0.717, 1.165) is 31.1 Å². The Kier molecular flexibility index (Phi) is 2.07. The molecule has 3 rings (SSSR count). The Balaban J connectivity index is 2.61. The molecule has 1 aromatic carbocycles. The van der Waals surface area contributed by atoms with E-state index in [2.05, 4.69) is 32.6 Å². The number of aromatic amines is 2. The summed E-state index contributed by atoms with van der Waals surface area (Å²) in [5.74, 6) is 0. The van der Waals surface area contributed by atoms with Crippen LogP contribution in [-0.4, -0.2) is 9.97 Å². The lowest BCUT2D eigenvalue weighted by molar-refractivity contribution is 1.22. The number of nitrogens with one attached hydrogen (secondary N) is 2. The predicted molar refractivity (Wildman–Crippen MR) is 73.9 cm³/mol. The molecule has 2 heterocycles. The van der Waals surface area contributed by atoms with Crippen LogP contribution in [0, 0.1) is 10.5 Å². The van der Waals surface area contributed by atoms with Gasteiger partial charge in [0.25, 0.3) is 0 Å². The minimum absolute atomic E-state index is 0.0706. The lowest BCUT2D eigenvalue weighted by Gasteiger charge is -1.95. The van der Waals surface area contributed by atoms with Gasteiger partial charge >= 0.3 is 0 Å². The highest BCUT2D eigenvalue weighted by Gasteiger charge is 2.08. The van der Waals surface area contributed by atoms with Crippen LogP contribution in [0.2, 0.25) is 0 Å². The zero-order chi connectivity index (χ0) is 11.3. The van der Waals surface area contributed by atoms with Crippen LogP contribution in [0.15, 0.2) is 29.2 Å². The molecule has 3 nitrogen and oxygen atoms in total. The zero-order valence-electron chi connectivity index (χ0n) is 8.60. The second kappa shape index (κ2) is 3.35. The van der Waals surface area contributed by atoms with Crippen molar-refractivity contribution >= 4 is 44.4 Å². The molecule has 3 aromatic rings. The van der Waals surface area contributed by atoms with Gasteiger partial charge in [0.1, 0.15) is 0 Å². The Morgan fingerprint density at radius 1 is 1.25 bits per heavy atom. The van der Waals surface area contributed by atoms with Gasteiger partial charge in [-0.25, -0.2) is 0 Å². The molecule has 0 unspecified atom stereocenters. The van der Waals surface area contributed by atoms with Crippen molar-refractivity contribution < 1.29 is 0 Å². The van der Waals surface area contributed by atoms with E-state index >= 15 is 0 Å². The van der Waals surface area contributed by atoms with Crippen molar-refractivity contribution in [3.63, 3.8) is 0 Å². The summed E-state index contributed by atoms with van der Waals surface area (Å²) in [6, 6.07) is 5.63. The fourth-order valence-electron chi connectivity index (χ4n) is 2.01. The van der Waals surface area contributed by atoms with Gasteiger partial charge in [-0.05, 0) is 41.6 Å². The van der Waals surface area contributed by atoms with Crippen LogP contribution in [0.4, 0.5) is 0 Å². The smallest absolute Gasteiger partial charge is 0.194 e. The predicted octanol–water partition coefficient (Wildman–Crippen LogP) is 2.92. The summed E-state index contributed by atoms with van der Waals surface area (Å²) in [4.78, 5) is 18.0. The van der Waals surface area contributed by atoms with E-state index in [1.807, 2.05) is 25.3 Å². The molecule has 0 atom stereocenters. The fourth-order valence-corrected chi connectivity index (χ4v) is 2.47. The number of rotatable bonds is 0. The SMILES string of the molecule is Cc1[nH]ccc2c1[nH]c1cc(=O)c([131I])cc12. The molecular formula is C12H9IN2O. The van der Waals surface area contributed by atoms with Crippen molar-refractivity contribution in [1.82, 2.24) is 9.97 Å². The van der Waals surface area contributed by atoms with Crippen LogP contribution in [0.25, 0.3) is 21.8 Å². The van der Waals surface area contributed by atoms with E-state index in [1.54, 1.807) is 6.07 Å². The first-order valence-electron chi connectivity index (χ1n) is 4.96. The third kappa shape index (κ3) is 1.29. The topological polar surface area (TPSA) is 48.6 Å². The van der Waals surface area contributed by atoms with Crippen molar-refractivity contribution in [2.45, 2.75) is 6.92 Å². The third-order valence-electron chi connectivity index (χ3n) is 2.82. The highest BCUT2D eigenvalue weighted by Crippen LogP contribution is 2.26. The summed E-state index contributed by atoms with van der Waals surface area (Å²) < 4.78 is 0.761. The summed E-state index contributed by atoms with van der Waals surface area (Å²) in [6.45, 7) is 2.01. The van der Waals surface area contributed by atoms with Crippen LogP contribution in [0.1, 0.15) is 5.69 Å². The van der Waals surface area contributed by atoms with E-state index in [-0.39, 0.29) is 5.43 Å². The van der Waals surface area contributed by atoms with E-state index in [4.69, 9.17) is 0 Å². The average molecular weight is 328 g/mol. The molecule has 0 aliphatic rings. The number of aryl methyl sites for hydroxylation is 1. The number of fused-ring (bicyclic) bond motifs is 3. The van der Waals surface area contributed by atoms with Crippen molar-refractivity contribution in [3.05, 3.63) is 43.9 Å². The first-order valence-corrected chi connectivity index (χ1v) is 6.04. The zero-order valence-corrected chi connectivity index (χ0v) is 10.8. The standard InChI is InChI=1S/C12H9IN2O/c1-6-12-7(2-3-14-6)8-4-9(13)11(16)5-10(8)15-12/h2-5,14-15H,1H3/i13+4. The van der Waals surface area contributed by atoms with E-state index < -0.39 is 0 Å². The third-order valence-corrected chi connectivity index (χ3v) is 3.66. The highest BCUT2D eigenvalue weighted by molar-refractivity contribution is 14.1. The molecule has 0 aliphatic heterocycles. The lowest BCUT2D eigenvalue weighted by atomic mass is 10.2. The normalized spacial score (nSPS) is 11.4. The molecule has 0 radical (unpaired) electrons. The van der Waals surface area contributed by atoms with Gasteiger partial charge in [0.2, 0.25) is 0 Å². The molecule has 16 heavy (non-hydrogen) atoms. The van der Waals surface area contributed by atoms with E-state index in [9.17, 15) is 4.79 Å². The van der Waals surface area contributed by atoms with Gasteiger partial charge in [0.05, 0.1) is 14.6 Å². The summed E-state index contributed by atoms with van der Waals surface area (Å²) in [5, 5.41) is 2.26. The molecule has 2 N–H and O–H groups in total. The number of hydrogen-bond acceptors (Lipinski definition) is 1. The maximum Gasteiger partial charge on any atom is 0.194 e. The number of hydrogen-bond donors (Lipinski definition) is 2. The van der Waals surface area contributed by atoms with Crippen LogP contribution in [0.3, 0.4) is 0 Å². The maximum absolute atomic E-state index is 11.6. The number of H-pyrrole nitrogens is 2. The van der Waals surface area contributed by atoms with Crippen molar-refractivity contribution in [2.75, 3.05) is 0 Å². The van der Waals surface area contributed by atoms with E-state index in [1.165, 1.54) is 0 Å². The molecule has 0 amide bonds. The fraction of sp³-hybridized carbons (Fsp3) is 0.0833. The molecule has 0 bridgehead atoms. The average Bonchev–Trinajstić information content (AvgIpc) is 2.59. The highest BCUT2D eigenvalue weighted by atomic mass is 131. The van der Waals surface area contributed by atoms with Crippen LogP contribution in [0.5, 0.6) is 0 Å². The lowest BCUT2D eigenvalue weighted by Crippen LogP contribution is -2.01. The first kappa shape index (κ1) is 9.89. The monoisotopic (exact) mass is 328 g/mol. The number of pyridine rings is 1. The molecule has 0 fully saturated rings. The molecule has 0 saturated heterocycles. The van der Waals surface area contributed by atoms with Crippen molar-refractivity contribution in [3.8, 4) is 0 Å². The minimum atomic E-state index is 0.0706. The number of benzene rings is 1. The van der Waals surface area contributed by atoms with Gasteiger partial charge in [-0.3, -0.25) is 4.79 Å². The van der Waals surface area contributed by atoms with Gasteiger partial charge in [-0.1, -0.05) is 0 Å². The molecule has 0 spiro atoms. The Hall–Kier alpha value is -1.30. The molecular weight excluding hydrogens is 319 g/mol. The molecule has 4 heteroatoms. The Morgan fingerprint density at radius 2 is 2.06 bits per heavy atom. The van der Waals surface area contributed by atoms with Gasteiger partial charge in [0, 0.05) is 28.7 Å². The summed E-state index contributed by atoms with van der Waals surface area (Å²) >= 11 is 2.08. The van der Waals surface area contributed by atoms with Crippen LogP contribution >= 0.6 is 22.6 Å². The second-order valence-electron chi connectivity index (χ2n) is 3.84. The summed E-state index contributed by atoms with van der Waals surface area (Å²) in [6.07, 6.45) is 1.92. The van der Waals surface area contributed by atoms with Gasteiger partial charge in [-0.2, -0.15) is 0 Å². The van der Waals surface area contributed by atoms with Crippen molar-refractivity contribution in [1.29, 1.82) is 0 Å². The number of aromatic nitrogens is 2. The Morgan fingerprint density at radius 3 is 2.88 bits per heavy atom. The maximum atomic E-state index is 11.6. The second-order valence-corrected chi connectivity index (χ2v) is 5.01. The summed E-state index contributed by atoms with van der Waals surface area (Å²) in [5.41, 5.74) is 3.12.